The number of anilines is 1. The van der Waals surface area contributed by atoms with Crippen LogP contribution in [0.1, 0.15) is 18.3 Å². The highest BCUT2D eigenvalue weighted by atomic mass is 16.5. The molecule has 6 heteroatoms. The Morgan fingerprint density at radius 1 is 1.23 bits per heavy atom. The minimum absolute atomic E-state index is 0.0855. The zero-order valence-electron chi connectivity index (χ0n) is 13.3. The van der Waals surface area contributed by atoms with Crippen LogP contribution in [0.5, 0.6) is 11.5 Å². The minimum atomic E-state index is -0.231. The van der Waals surface area contributed by atoms with E-state index in [1.54, 1.807) is 10.7 Å². The van der Waals surface area contributed by atoms with Crippen molar-refractivity contribution >= 4 is 11.6 Å². The maximum absolute atomic E-state index is 12.1. The summed E-state index contributed by atoms with van der Waals surface area (Å²) < 4.78 is 12.7. The number of carbonyl (C=O) groups is 1. The van der Waals surface area contributed by atoms with Crippen LogP contribution in [0.3, 0.4) is 0 Å². The van der Waals surface area contributed by atoms with Crippen molar-refractivity contribution in [1.82, 2.24) is 9.78 Å². The topological polar surface area (TPSA) is 65.4 Å². The van der Waals surface area contributed by atoms with Crippen LogP contribution < -0.4 is 14.8 Å². The number of nitrogens with zero attached hydrogens (tertiary/aromatic N) is 2. The maximum Gasteiger partial charge on any atom is 0.262 e. The first-order chi connectivity index (χ1) is 10.5. The van der Waals surface area contributed by atoms with Gasteiger partial charge in [0.2, 0.25) is 0 Å². The van der Waals surface area contributed by atoms with Gasteiger partial charge in [-0.05, 0) is 32.9 Å². The molecule has 0 fully saturated rings. The number of carbonyl (C=O) groups excluding carboxylic acids is 1. The number of aromatic nitrogens is 2. The van der Waals surface area contributed by atoms with Crippen molar-refractivity contribution in [2.45, 2.75) is 20.8 Å². The third-order valence-electron chi connectivity index (χ3n) is 3.28. The van der Waals surface area contributed by atoms with E-state index < -0.39 is 0 Å². The Kier molecular flexibility index (Phi) is 5.04. The largest absolute Gasteiger partial charge is 0.490 e. The molecule has 2 aromatic rings. The molecule has 0 saturated heterocycles. The lowest BCUT2D eigenvalue weighted by molar-refractivity contribution is -0.118. The summed E-state index contributed by atoms with van der Waals surface area (Å²) in [6.07, 6.45) is 0. The summed E-state index contributed by atoms with van der Waals surface area (Å²) in [5, 5.41) is 7.09. The standard InChI is InChI=1S/C16H21N3O3/c1-5-21-13-8-6-7-9-14(13)22-10-15(20)17-16-11(2)18-19(4)12(16)3/h6-9H,5,10H2,1-4H3,(H,17,20). The first-order valence-corrected chi connectivity index (χ1v) is 7.17. The lowest BCUT2D eigenvalue weighted by atomic mass is 10.3. The van der Waals surface area contributed by atoms with Crippen molar-refractivity contribution in [2.24, 2.45) is 7.05 Å². The molecule has 0 aliphatic heterocycles. The van der Waals surface area contributed by atoms with Gasteiger partial charge in [-0.15, -0.1) is 0 Å². The fourth-order valence-electron chi connectivity index (χ4n) is 2.12. The van der Waals surface area contributed by atoms with Gasteiger partial charge in [0.05, 0.1) is 23.7 Å². The molecule has 1 N–H and O–H groups in total. The Balaban J connectivity index is 1.99. The lowest BCUT2D eigenvalue weighted by Crippen LogP contribution is -2.21. The third-order valence-corrected chi connectivity index (χ3v) is 3.28. The molecule has 0 atom stereocenters. The van der Waals surface area contributed by atoms with Gasteiger partial charge < -0.3 is 14.8 Å². The molecule has 0 unspecified atom stereocenters. The predicted octanol–water partition coefficient (Wildman–Crippen LogP) is 2.45. The van der Waals surface area contributed by atoms with Crippen molar-refractivity contribution in [3.63, 3.8) is 0 Å². The summed E-state index contributed by atoms with van der Waals surface area (Å²) >= 11 is 0. The fourth-order valence-corrected chi connectivity index (χ4v) is 2.12. The van der Waals surface area contributed by atoms with Crippen LogP contribution in [0.25, 0.3) is 0 Å². The quantitative estimate of drug-likeness (QED) is 0.890. The summed E-state index contributed by atoms with van der Waals surface area (Å²) in [6.45, 7) is 6.12. The van der Waals surface area contributed by atoms with E-state index in [1.165, 1.54) is 0 Å². The number of nitrogens with one attached hydrogen (secondary N) is 1. The molecule has 22 heavy (non-hydrogen) atoms. The molecule has 0 aliphatic carbocycles. The summed E-state index contributed by atoms with van der Waals surface area (Å²) in [5.74, 6) is 0.955. The van der Waals surface area contributed by atoms with Crippen LogP contribution in [0, 0.1) is 13.8 Å². The highest BCUT2D eigenvalue weighted by Gasteiger charge is 2.13. The Bertz CT molecular complexity index is 665. The highest BCUT2D eigenvalue weighted by Crippen LogP contribution is 2.26. The van der Waals surface area contributed by atoms with Crippen molar-refractivity contribution in [3.05, 3.63) is 35.7 Å². The molecule has 0 aliphatic rings. The Morgan fingerprint density at radius 3 is 2.41 bits per heavy atom. The number of ether oxygens (including phenoxy) is 2. The molecule has 0 spiro atoms. The molecule has 0 radical (unpaired) electrons. The van der Waals surface area contributed by atoms with E-state index in [2.05, 4.69) is 10.4 Å². The number of rotatable bonds is 6. The van der Waals surface area contributed by atoms with E-state index in [4.69, 9.17) is 9.47 Å². The van der Waals surface area contributed by atoms with Crippen LogP contribution in [-0.4, -0.2) is 28.9 Å². The molecule has 1 heterocycles. The number of aryl methyl sites for hydroxylation is 2. The van der Waals surface area contributed by atoms with E-state index in [0.717, 1.165) is 17.1 Å². The molecule has 6 nitrogen and oxygen atoms in total. The normalized spacial score (nSPS) is 10.4. The van der Waals surface area contributed by atoms with E-state index in [9.17, 15) is 4.79 Å². The SMILES string of the molecule is CCOc1ccccc1OCC(=O)Nc1c(C)nn(C)c1C. The lowest BCUT2D eigenvalue weighted by Gasteiger charge is -2.11. The number of benzene rings is 1. The Hall–Kier alpha value is -2.50. The second kappa shape index (κ2) is 6.98. The summed E-state index contributed by atoms with van der Waals surface area (Å²) in [6, 6.07) is 7.29. The molecule has 1 amide bonds. The second-order valence-corrected chi connectivity index (χ2v) is 4.89. The number of hydrogen-bond donors (Lipinski definition) is 1. The molecule has 1 aromatic carbocycles. The molecular formula is C16H21N3O3. The van der Waals surface area contributed by atoms with Gasteiger partial charge in [-0.3, -0.25) is 9.48 Å². The molecular weight excluding hydrogens is 282 g/mol. The van der Waals surface area contributed by atoms with Gasteiger partial charge in [0.25, 0.3) is 5.91 Å². The van der Waals surface area contributed by atoms with Crippen molar-refractivity contribution < 1.29 is 14.3 Å². The van der Waals surface area contributed by atoms with Gasteiger partial charge in [0.15, 0.2) is 18.1 Å². The maximum atomic E-state index is 12.1. The minimum Gasteiger partial charge on any atom is -0.490 e. The van der Waals surface area contributed by atoms with Crippen LogP contribution in [0.4, 0.5) is 5.69 Å². The molecule has 118 valence electrons. The monoisotopic (exact) mass is 303 g/mol. The van der Waals surface area contributed by atoms with Gasteiger partial charge in [0.1, 0.15) is 0 Å². The zero-order valence-corrected chi connectivity index (χ0v) is 13.3. The van der Waals surface area contributed by atoms with Gasteiger partial charge >= 0.3 is 0 Å². The highest BCUT2D eigenvalue weighted by molar-refractivity contribution is 5.93. The van der Waals surface area contributed by atoms with E-state index in [1.807, 2.05) is 46.0 Å². The van der Waals surface area contributed by atoms with Crippen LogP contribution in [0.2, 0.25) is 0 Å². The summed E-state index contributed by atoms with van der Waals surface area (Å²) in [5.41, 5.74) is 2.41. The molecule has 0 bridgehead atoms. The molecule has 1 aromatic heterocycles. The smallest absolute Gasteiger partial charge is 0.262 e. The number of amides is 1. The van der Waals surface area contributed by atoms with Crippen LogP contribution in [-0.2, 0) is 11.8 Å². The van der Waals surface area contributed by atoms with Crippen molar-refractivity contribution in [1.29, 1.82) is 0 Å². The average Bonchev–Trinajstić information content (AvgIpc) is 2.73. The summed E-state index contributed by atoms with van der Waals surface area (Å²) in [7, 11) is 1.84. The van der Waals surface area contributed by atoms with Gasteiger partial charge in [-0.25, -0.2) is 0 Å². The van der Waals surface area contributed by atoms with Gasteiger partial charge in [-0.2, -0.15) is 5.10 Å². The number of hydrogen-bond acceptors (Lipinski definition) is 4. The average molecular weight is 303 g/mol. The zero-order chi connectivity index (χ0) is 16.1. The van der Waals surface area contributed by atoms with E-state index in [-0.39, 0.29) is 12.5 Å². The first kappa shape index (κ1) is 15.9. The van der Waals surface area contributed by atoms with Crippen LogP contribution >= 0.6 is 0 Å². The van der Waals surface area contributed by atoms with Crippen molar-refractivity contribution in [2.75, 3.05) is 18.5 Å². The predicted molar refractivity (Wildman–Crippen MR) is 84.4 cm³/mol. The van der Waals surface area contributed by atoms with Crippen LogP contribution in [0.15, 0.2) is 24.3 Å². The van der Waals surface area contributed by atoms with E-state index >= 15 is 0 Å². The first-order valence-electron chi connectivity index (χ1n) is 7.17. The van der Waals surface area contributed by atoms with Crippen molar-refractivity contribution in [3.8, 4) is 11.5 Å². The van der Waals surface area contributed by atoms with E-state index in [0.29, 0.717) is 18.1 Å². The molecule has 2 rings (SSSR count). The second-order valence-electron chi connectivity index (χ2n) is 4.89. The number of para-hydroxylation sites is 2. The summed E-state index contributed by atoms with van der Waals surface area (Å²) in [4.78, 5) is 12.1. The fraction of sp³-hybridized carbons (Fsp3) is 0.375. The Labute approximate surface area is 130 Å². The Morgan fingerprint density at radius 2 is 1.86 bits per heavy atom. The van der Waals surface area contributed by atoms with Gasteiger partial charge in [-0.1, -0.05) is 12.1 Å². The van der Waals surface area contributed by atoms with Gasteiger partial charge in [0, 0.05) is 7.05 Å². The molecule has 0 saturated carbocycles. The third kappa shape index (κ3) is 3.58.